The molecule has 3 aromatic rings. The van der Waals surface area contributed by atoms with Crippen molar-refractivity contribution in [1.82, 2.24) is 9.97 Å². The van der Waals surface area contributed by atoms with Crippen molar-refractivity contribution in [2.24, 2.45) is 0 Å². The molecule has 0 unspecified atom stereocenters. The van der Waals surface area contributed by atoms with Crippen molar-refractivity contribution in [1.29, 1.82) is 0 Å². The fourth-order valence-corrected chi connectivity index (χ4v) is 2.97. The summed E-state index contributed by atoms with van der Waals surface area (Å²) in [5.74, 6) is 0.803. The Bertz CT molecular complexity index is 617. The third kappa shape index (κ3) is 2.93. The molecule has 0 fully saturated rings. The normalized spacial score (nSPS) is 10.5. The molecule has 3 rings (SSSR count). The molecule has 18 heavy (non-hydrogen) atoms. The fourth-order valence-electron chi connectivity index (χ4n) is 1.52. The molecule has 0 N–H and O–H groups in total. The quantitative estimate of drug-likeness (QED) is 0.658. The van der Waals surface area contributed by atoms with Gasteiger partial charge in [-0.15, -0.1) is 28.3 Å². The number of aryl methyl sites for hydroxylation is 1. The van der Waals surface area contributed by atoms with Crippen LogP contribution >= 0.6 is 40.1 Å². The minimum atomic E-state index is 0. The minimum Gasteiger partial charge on any atom is -0.431 e. The summed E-state index contributed by atoms with van der Waals surface area (Å²) in [6.07, 6.45) is 0. The number of thiazole rings is 1. The molecule has 0 aliphatic rings. The highest BCUT2D eigenvalue weighted by molar-refractivity contribution is 8.93. The van der Waals surface area contributed by atoms with Crippen molar-refractivity contribution >= 4 is 51.2 Å². The van der Waals surface area contributed by atoms with Crippen molar-refractivity contribution in [2.75, 3.05) is 0 Å². The van der Waals surface area contributed by atoms with Gasteiger partial charge in [0.15, 0.2) is 5.58 Å². The van der Waals surface area contributed by atoms with E-state index >= 15 is 0 Å². The Morgan fingerprint density at radius 1 is 1.28 bits per heavy atom. The molecular formula is C12H11BrN2OS2. The molecule has 0 bridgehead atoms. The zero-order chi connectivity index (χ0) is 11.7. The van der Waals surface area contributed by atoms with Crippen molar-refractivity contribution in [3.05, 3.63) is 40.3 Å². The van der Waals surface area contributed by atoms with E-state index in [1.165, 1.54) is 0 Å². The van der Waals surface area contributed by atoms with Crippen molar-refractivity contribution < 1.29 is 4.42 Å². The van der Waals surface area contributed by atoms with E-state index in [4.69, 9.17) is 4.42 Å². The van der Waals surface area contributed by atoms with Crippen molar-refractivity contribution in [2.45, 2.75) is 17.9 Å². The van der Waals surface area contributed by atoms with Crippen LogP contribution in [0.2, 0.25) is 0 Å². The van der Waals surface area contributed by atoms with Crippen LogP contribution in [0.25, 0.3) is 11.1 Å². The SMILES string of the molecule is Br.Cc1nc(CSc2nc3ccccc3o2)cs1. The van der Waals surface area contributed by atoms with E-state index < -0.39 is 0 Å². The van der Waals surface area contributed by atoms with E-state index in [-0.39, 0.29) is 17.0 Å². The zero-order valence-corrected chi connectivity index (χ0v) is 13.0. The predicted octanol–water partition coefficient (Wildman–Crippen LogP) is 4.46. The summed E-state index contributed by atoms with van der Waals surface area (Å²) in [6, 6.07) is 7.80. The van der Waals surface area contributed by atoms with Crippen LogP contribution in [-0.4, -0.2) is 9.97 Å². The van der Waals surface area contributed by atoms with Gasteiger partial charge in [-0.2, -0.15) is 0 Å². The molecule has 0 amide bonds. The summed E-state index contributed by atoms with van der Waals surface area (Å²) in [5, 5.41) is 3.88. The van der Waals surface area contributed by atoms with Gasteiger partial charge in [-0.1, -0.05) is 23.9 Å². The number of benzene rings is 1. The number of aromatic nitrogens is 2. The minimum absolute atomic E-state index is 0. The molecule has 0 saturated heterocycles. The Hall–Kier alpha value is -0.850. The van der Waals surface area contributed by atoms with Crippen molar-refractivity contribution in [3.8, 4) is 0 Å². The number of thioether (sulfide) groups is 1. The summed E-state index contributed by atoms with van der Waals surface area (Å²) in [4.78, 5) is 8.81. The first-order chi connectivity index (χ1) is 8.31. The molecule has 3 nitrogen and oxygen atoms in total. The Morgan fingerprint density at radius 2 is 2.11 bits per heavy atom. The molecule has 94 valence electrons. The number of para-hydroxylation sites is 2. The highest BCUT2D eigenvalue weighted by atomic mass is 79.9. The molecule has 0 atom stereocenters. The second kappa shape index (κ2) is 5.86. The lowest BCUT2D eigenvalue weighted by Gasteiger charge is -1.91. The Morgan fingerprint density at radius 3 is 2.83 bits per heavy atom. The lowest BCUT2D eigenvalue weighted by atomic mass is 10.3. The average molecular weight is 343 g/mol. The summed E-state index contributed by atoms with van der Waals surface area (Å²) in [6.45, 7) is 2.01. The van der Waals surface area contributed by atoms with Gasteiger partial charge in [0.1, 0.15) is 5.52 Å². The maximum Gasteiger partial charge on any atom is 0.257 e. The smallest absolute Gasteiger partial charge is 0.257 e. The van der Waals surface area contributed by atoms with Gasteiger partial charge in [0.25, 0.3) is 5.22 Å². The summed E-state index contributed by atoms with van der Waals surface area (Å²) < 4.78 is 5.62. The van der Waals surface area contributed by atoms with Crippen LogP contribution in [0, 0.1) is 6.92 Å². The van der Waals surface area contributed by atoms with Crippen LogP contribution in [-0.2, 0) is 5.75 Å². The first-order valence-corrected chi connectivity index (χ1v) is 7.07. The topological polar surface area (TPSA) is 38.9 Å². The largest absolute Gasteiger partial charge is 0.431 e. The second-order valence-corrected chi connectivity index (χ2v) is 5.58. The van der Waals surface area contributed by atoms with Gasteiger partial charge < -0.3 is 4.42 Å². The fraction of sp³-hybridized carbons (Fsp3) is 0.167. The van der Waals surface area contributed by atoms with Gasteiger partial charge in [-0.3, -0.25) is 0 Å². The van der Waals surface area contributed by atoms with Crippen LogP contribution in [0.5, 0.6) is 0 Å². The van der Waals surface area contributed by atoms with Gasteiger partial charge in [0.2, 0.25) is 0 Å². The van der Waals surface area contributed by atoms with E-state index in [9.17, 15) is 0 Å². The molecule has 0 aliphatic heterocycles. The zero-order valence-electron chi connectivity index (χ0n) is 9.62. The van der Waals surface area contributed by atoms with Crippen LogP contribution in [0.15, 0.2) is 39.3 Å². The van der Waals surface area contributed by atoms with Crippen molar-refractivity contribution in [3.63, 3.8) is 0 Å². The molecule has 2 aromatic heterocycles. The lowest BCUT2D eigenvalue weighted by Crippen LogP contribution is -1.80. The molecular weight excluding hydrogens is 332 g/mol. The third-order valence-electron chi connectivity index (χ3n) is 2.28. The maximum atomic E-state index is 5.62. The van der Waals surface area contributed by atoms with Crippen LogP contribution in [0.3, 0.4) is 0 Å². The predicted molar refractivity (Wildman–Crippen MR) is 80.7 cm³/mol. The molecule has 0 radical (unpaired) electrons. The van der Waals surface area contributed by atoms with Gasteiger partial charge in [-0.05, 0) is 19.1 Å². The number of oxazole rings is 1. The highest BCUT2D eigenvalue weighted by Crippen LogP contribution is 2.26. The maximum absolute atomic E-state index is 5.62. The summed E-state index contributed by atoms with van der Waals surface area (Å²) in [7, 11) is 0. The number of nitrogens with zero attached hydrogens (tertiary/aromatic N) is 2. The molecule has 2 heterocycles. The average Bonchev–Trinajstić information content (AvgIpc) is 2.91. The Kier molecular flexibility index (Phi) is 4.42. The van der Waals surface area contributed by atoms with Crippen LogP contribution < -0.4 is 0 Å². The molecule has 0 saturated carbocycles. The first kappa shape index (κ1) is 13.6. The van der Waals surface area contributed by atoms with Crippen LogP contribution in [0.4, 0.5) is 0 Å². The molecule has 0 aliphatic carbocycles. The Balaban J connectivity index is 0.00000120. The lowest BCUT2D eigenvalue weighted by molar-refractivity contribution is 0.489. The molecule has 6 heteroatoms. The van der Waals surface area contributed by atoms with Gasteiger partial charge >= 0.3 is 0 Å². The molecule has 0 spiro atoms. The van der Waals surface area contributed by atoms with Gasteiger partial charge in [-0.25, -0.2) is 9.97 Å². The van der Waals surface area contributed by atoms with Gasteiger partial charge in [0.05, 0.1) is 10.7 Å². The first-order valence-electron chi connectivity index (χ1n) is 5.20. The standard InChI is InChI=1S/C12H10N2OS2.BrH/c1-8-13-9(6-16-8)7-17-12-14-10-4-2-3-5-11(10)15-12;/h2-6H,7H2,1H3;1H. The van der Waals surface area contributed by atoms with E-state index in [0.29, 0.717) is 5.22 Å². The van der Waals surface area contributed by atoms with E-state index in [2.05, 4.69) is 15.3 Å². The second-order valence-electron chi connectivity index (χ2n) is 3.59. The van der Waals surface area contributed by atoms with E-state index in [1.54, 1.807) is 23.1 Å². The number of rotatable bonds is 3. The molecule has 1 aromatic carbocycles. The number of halogens is 1. The third-order valence-corrected chi connectivity index (χ3v) is 3.97. The number of hydrogen-bond donors (Lipinski definition) is 0. The monoisotopic (exact) mass is 342 g/mol. The highest BCUT2D eigenvalue weighted by Gasteiger charge is 2.06. The van der Waals surface area contributed by atoms with E-state index in [0.717, 1.165) is 27.6 Å². The van der Waals surface area contributed by atoms with E-state index in [1.807, 2.05) is 31.2 Å². The van der Waals surface area contributed by atoms with Gasteiger partial charge in [0, 0.05) is 11.1 Å². The Labute approximate surface area is 123 Å². The van der Waals surface area contributed by atoms with Crippen LogP contribution in [0.1, 0.15) is 10.7 Å². The summed E-state index contributed by atoms with van der Waals surface area (Å²) >= 11 is 3.25. The number of fused-ring (bicyclic) bond motifs is 1. The summed E-state index contributed by atoms with van der Waals surface area (Å²) in [5.41, 5.74) is 2.83. The number of hydrogen-bond acceptors (Lipinski definition) is 5.